The Morgan fingerprint density at radius 2 is 2.10 bits per heavy atom. The molecule has 1 N–H and O–H groups in total. The second-order valence-electron chi connectivity index (χ2n) is 6.77. The highest BCUT2D eigenvalue weighted by atomic mass is 32.1. The molecule has 0 amide bonds. The van der Waals surface area contributed by atoms with Crippen LogP contribution in [0.15, 0.2) is 54.2 Å². The third-order valence-corrected chi connectivity index (χ3v) is 5.90. The van der Waals surface area contributed by atoms with Crippen molar-refractivity contribution in [2.24, 2.45) is 0 Å². The minimum atomic E-state index is 0.653. The molecule has 6 nitrogen and oxygen atoms in total. The number of fused-ring (bicyclic) bond motifs is 2. The van der Waals surface area contributed by atoms with E-state index < -0.39 is 0 Å². The molecule has 0 unspecified atom stereocenters. The molecule has 0 atom stereocenters. The van der Waals surface area contributed by atoms with E-state index in [9.17, 15) is 0 Å². The van der Waals surface area contributed by atoms with E-state index in [2.05, 4.69) is 44.3 Å². The van der Waals surface area contributed by atoms with Crippen molar-refractivity contribution in [2.45, 2.75) is 6.54 Å². The molecule has 4 heterocycles. The van der Waals surface area contributed by atoms with Crippen LogP contribution in [0.5, 0.6) is 5.75 Å². The van der Waals surface area contributed by atoms with Gasteiger partial charge < -0.3 is 19.0 Å². The summed E-state index contributed by atoms with van der Waals surface area (Å²) in [5.74, 6) is 0.835. The molecule has 0 saturated carbocycles. The molecule has 0 aliphatic rings. The minimum absolute atomic E-state index is 0.653. The molecule has 5 rings (SSSR count). The van der Waals surface area contributed by atoms with Crippen molar-refractivity contribution in [1.29, 1.82) is 0 Å². The van der Waals surface area contributed by atoms with E-state index >= 15 is 0 Å². The highest BCUT2D eigenvalue weighted by molar-refractivity contribution is 7.13. The summed E-state index contributed by atoms with van der Waals surface area (Å²) in [6.07, 6.45) is 3.94. The van der Waals surface area contributed by atoms with Gasteiger partial charge in [0.15, 0.2) is 0 Å². The van der Waals surface area contributed by atoms with Gasteiger partial charge in [0.1, 0.15) is 16.4 Å². The molecule has 0 fully saturated rings. The molecule has 0 saturated heterocycles. The molecule has 0 bridgehead atoms. The quantitative estimate of drug-likeness (QED) is 0.434. The molecule has 7 heteroatoms. The maximum atomic E-state index is 5.45. The molecule has 0 radical (unpaired) electrons. The smallest absolute Gasteiger partial charge is 0.137 e. The number of hydrogen-bond acceptors (Lipinski definition) is 5. The Morgan fingerprint density at radius 3 is 2.93 bits per heavy atom. The summed E-state index contributed by atoms with van der Waals surface area (Å²) in [7, 11) is 3.41. The zero-order valence-corrected chi connectivity index (χ0v) is 17.0. The van der Waals surface area contributed by atoms with Gasteiger partial charge in [-0.3, -0.25) is 0 Å². The van der Waals surface area contributed by atoms with E-state index in [0.717, 1.165) is 56.2 Å². The topological polar surface area (TPSA) is 65.0 Å². The molecule has 1 aromatic carbocycles. The van der Waals surface area contributed by atoms with E-state index in [4.69, 9.17) is 14.5 Å². The van der Waals surface area contributed by atoms with Crippen LogP contribution in [0, 0.1) is 0 Å². The van der Waals surface area contributed by atoms with Gasteiger partial charge >= 0.3 is 0 Å². The fourth-order valence-corrected chi connectivity index (χ4v) is 4.41. The lowest BCUT2D eigenvalue weighted by atomic mass is 10.1. The van der Waals surface area contributed by atoms with Crippen LogP contribution >= 0.6 is 11.3 Å². The molecule has 4 aromatic heterocycles. The van der Waals surface area contributed by atoms with Crippen molar-refractivity contribution in [3.05, 3.63) is 54.2 Å². The third-order valence-electron chi connectivity index (χ3n) is 5.03. The lowest BCUT2D eigenvalue weighted by molar-refractivity contribution is 0.188. The van der Waals surface area contributed by atoms with Crippen LogP contribution in [0.2, 0.25) is 0 Å². The second kappa shape index (κ2) is 7.35. The van der Waals surface area contributed by atoms with Crippen LogP contribution < -0.4 is 4.74 Å². The summed E-state index contributed by atoms with van der Waals surface area (Å²) in [6.45, 7) is 1.44. The first kappa shape index (κ1) is 17.9. The lowest BCUT2D eigenvalue weighted by Crippen LogP contribution is -2.02. The number of pyridine rings is 1. The Bertz CT molecular complexity index is 1270. The van der Waals surface area contributed by atoms with E-state index in [1.165, 1.54) is 0 Å². The van der Waals surface area contributed by atoms with Crippen LogP contribution in [-0.2, 0) is 11.3 Å². The number of methoxy groups -OCH3 is 2. The first-order valence-electron chi connectivity index (χ1n) is 9.32. The number of nitrogens with one attached hydrogen (secondary N) is 1. The number of aromatic amines is 1. The molecule has 29 heavy (non-hydrogen) atoms. The zero-order valence-electron chi connectivity index (χ0n) is 16.2. The van der Waals surface area contributed by atoms with Crippen LogP contribution in [-0.4, -0.2) is 40.3 Å². The molecule has 146 valence electrons. The number of benzene rings is 1. The summed E-state index contributed by atoms with van der Waals surface area (Å²) in [4.78, 5) is 12.7. The summed E-state index contributed by atoms with van der Waals surface area (Å²) in [5.41, 5.74) is 5.01. The fourth-order valence-electron chi connectivity index (χ4n) is 3.57. The van der Waals surface area contributed by atoms with E-state index in [1.54, 1.807) is 31.8 Å². The number of ether oxygens (including phenoxy) is 2. The molecule has 0 aliphatic carbocycles. The van der Waals surface area contributed by atoms with Crippen LogP contribution in [0.1, 0.15) is 0 Å². The maximum Gasteiger partial charge on any atom is 0.137 e. The molecule has 0 spiro atoms. The van der Waals surface area contributed by atoms with Crippen LogP contribution in [0.4, 0.5) is 0 Å². The van der Waals surface area contributed by atoms with Gasteiger partial charge in [0.25, 0.3) is 0 Å². The van der Waals surface area contributed by atoms with Gasteiger partial charge in [-0.2, -0.15) is 0 Å². The zero-order chi connectivity index (χ0) is 19.8. The Balaban J connectivity index is 1.60. The number of aromatic nitrogens is 4. The average molecular weight is 404 g/mol. The first-order chi connectivity index (χ1) is 14.3. The van der Waals surface area contributed by atoms with Crippen molar-refractivity contribution in [1.82, 2.24) is 19.5 Å². The Hall–Kier alpha value is -3.16. The highest BCUT2D eigenvalue weighted by Crippen LogP contribution is 2.36. The van der Waals surface area contributed by atoms with Crippen molar-refractivity contribution < 1.29 is 9.47 Å². The van der Waals surface area contributed by atoms with Gasteiger partial charge in [-0.05, 0) is 36.4 Å². The van der Waals surface area contributed by atoms with Gasteiger partial charge in [0.2, 0.25) is 0 Å². The monoisotopic (exact) mass is 404 g/mol. The van der Waals surface area contributed by atoms with Gasteiger partial charge in [-0.15, -0.1) is 11.3 Å². The maximum absolute atomic E-state index is 5.45. The van der Waals surface area contributed by atoms with Crippen molar-refractivity contribution in [3.8, 4) is 27.7 Å². The van der Waals surface area contributed by atoms with Gasteiger partial charge in [-0.1, -0.05) is 0 Å². The predicted octanol–water partition coefficient (Wildman–Crippen LogP) is 4.96. The summed E-state index contributed by atoms with van der Waals surface area (Å²) in [5, 5.41) is 5.26. The minimum Gasteiger partial charge on any atom is -0.497 e. The van der Waals surface area contributed by atoms with Crippen molar-refractivity contribution in [3.63, 3.8) is 0 Å². The summed E-state index contributed by atoms with van der Waals surface area (Å²) >= 11 is 1.64. The van der Waals surface area contributed by atoms with Crippen LogP contribution in [0.3, 0.4) is 0 Å². The first-order valence-corrected chi connectivity index (χ1v) is 10.2. The fraction of sp³-hybridized carbons (Fsp3) is 0.182. The lowest BCUT2D eigenvalue weighted by Gasteiger charge is -2.05. The Kier molecular flexibility index (Phi) is 4.54. The molecule has 5 aromatic rings. The molecular weight excluding hydrogens is 384 g/mol. The second-order valence-corrected chi connectivity index (χ2v) is 7.63. The number of hydrogen-bond donors (Lipinski definition) is 1. The van der Waals surface area contributed by atoms with Crippen LogP contribution in [0.25, 0.3) is 43.9 Å². The van der Waals surface area contributed by atoms with E-state index in [1.807, 2.05) is 18.2 Å². The van der Waals surface area contributed by atoms with E-state index in [0.29, 0.717) is 6.61 Å². The number of thiazole rings is 1. The highest BCUT2D eigenvalue weighted by Gasteiger charge is 2.16. The standard InChI is InChI=1S/C22H20N4O2S/c1-27-9-8-26-12-17(16-11-15(28-2)5-6-20(16)26)22-25-19(13-29-22)18-10-14-4-3-7-23-21(14)24-18/h3-7,10-13H,8-9H2,1-2H3,(H,23,24). The van der Waals surface area contributed by atoms with Gasteiger partial charge in [0, 0.05) is 53.3 Å². The molecular formula is C22H20N4O2S. The summed E-state index contributed by atoms with van der Waals surface area (Å²) < 4.78 is 12.9. The number of H-pyrrole nitrogens is 1. The van der Waals surface area contributed by atoms with E-state index in [-0.39, 0.29) is 0 Å². The Morgan fingerprint density at radius 1 is 1.17 bits per heavy atom. The average Bonchev–Trinajstić information content (AvgIpc) is 3.47. The SMILES string of the molecule is COCCn1cc(-c2nc(-c3cc4cccnc4[nH]3)cs2)c2cc(OC)ccc21. The Labute approximate surface area is 171 Å². The van der Waals surface area contributed by atoms with Gasteiger partial charge in [0.05, 0.1) is 25.1 Å². The normalized spacial score (nSPS) is 11.5. The summed E-state index contributed by atoms with van der Waals surface area (Å²) in [6, 6.07) is 12.2. The number of rotatable bonds is 6. The van der Waals surface area contributed by atoms with Crippen molar-refractivity contribution >= 4 is 33.3 Å². The largest absolute Gasteiger partial charge is 0.497 e. The van der Waals surface area contributed by atoms with Crippen molar-refractivity contribution in [2.75, 3.05) is 20.8 Å². The predicted molar refractivity (Wildman–Crippen MR) is 117 cm³/mol. The van der Waals surface area contributed by atoms with Gasteiger partial charge in [-0.25, -0.2) is 9.97 Å². The third kappa shape index (κ3) is 3.18. The molecule has 0 aliphatic heterocycles. The number of nitrogens with zero attached hydrogens (tertiary/aromatic N) is 3.